The number of nitrogens with zero attached hydrogens (tertiary/aromatic N) is 1. The molecule has 0 bridgehead atoms. The number of piperidine rings is 1. The quantitative estimate of drug-likeness (QED) is 0.714. The van der Waals surface area contributed by atoms with Gasteiger partial charge in [0.2, 0.25) is 0 Å². The van der Waals surface area contributed by atoms with Crippen molar-refractivity contribution in [2.24, 2.45) is 11.7 Å². The third kappa shape index (κ3) is 4.02. The van der Waals surface area contributed by atoms with E-state index < -0.39 is 5.79 Å². The fourth-order valence-corrected chi connectivity index (χ4v) is 4.76. The van der Waals surface area contributed by atoms with E-state index in [2.05, 4.69) is 36.1 Å². The normalized spacial score (nSPS) is 20.2. The molecule has 0 aliphatic carbocycles. The minimum absolute atomic E-state index is 0.271. The summed E-state index contributed by atoms with van der Waals surface area (Å²) in [6, 6.07) is 16.8. The van der Waals surface area contributed by atoms with Crippen molar-refractivity contribution < 1.29 is 9.47 Å². The molecule has 2 N–H and O–H groups in total. The monoisotopic (exact) mass is 412 g/mol. The zero-order valence-electron chi connectivity index (χ0n) is 16.9. The Balaban J connectivity index is 1.63. The van der Waals surface area contributed by atoms with Gasteiger partial charge in [0.05, 0.1) is 0 Å². The molecule has 2 aromatic rings. The van der Waals surface area contributed by atoms with Gasteiger partial charge in [0.15, 0.2) is 0 Å². The van der Waals surface area contributed by atoms with E-state index in [-0.39, 0.29) is 5.92 Å². The third-order valence-corrected chi connectivity index (χ3v) is 6.53. The highest BCUT2D eigenvalue weighted by Crippen LogP contribution is 2.47. The zero-order chi connectivity index (χ0) is 20.3. The van der Waals surface area contributed by atoms with Crippen LogP contribution in [0.4, 0.5) is 0 Å². The first-order valence-electron chi connectivity index (χ1n) is 10.4. The van der Waals surface area contributed by atoms with Gasteiger partial charge in [0.25, 0.3) is 5.79 Å². The van der Waals surface area contributed by atoms with E-state index in [4.69, 9.17) is 26.8 Å². The third-order valence-electron chi connectivity index (χ3n) is 6.27. The first-order chi connectivity index (χ1) is 14.1. The summed E-state index contributed by atoms with van der Waals surface area (Å²) in [5.74, 6) is -0.508. The Kier molecular flexibility index (Phi) is 6.14. The molecule has 0 radical (unpaired) electrons. The van der Waals surface area contributed by atoms with Gasteiger partial charge >= 0.3 is 0 Å². The summed E-state index contributed by atoms with van der Waals surface area (Å²) in [5.41, 5.74) is 9.05. The van der Waals surface area contributed by atoms with E-state index in [0.29, 0.717) is 6.04 Å². The maximum Gasteiger partial charge on any atom is 0.280 e. The number of halogens is 1. The molecular weight excluding hydrogens is 384 g/mol. The molecule has 0 amide bonds. The standard InChI is InChI=1S/C24H29ClN2O2/c1-18(10-13-26)27-14-11-20(12-15-27)24(28-16-17-29-24)23-5-3-2-4-22(23)19-6-8-21(25)9-7-19/h2-9,16-18,20H,10-15,26H2,1H3. The van der Waals surface area contributed by atoms with Crippen LogP contribution in [0.5, 0.6) is 0 Å². The van der Waals surface area contributed by atoms with Crippen LogP contribution in [0.15, 0.2) is 61.1 Å². The van der Waals surface area contributed by atoms with E-state index in [1.807, 2.05) is 24.3 Å². The van der Waals surface area contributed by atoms with Crippen molar-refractivity contribution in [2.45, 2.75) is 38.0 Å². The van der Waals surface area contributed by atoms with Crippen molar-refractivity contribution in [3.8, 4) is 11.1 Å². The fourth-order valence-electron chi connectivity index (χ4n) is 4.64. The average Bonchev–Trinajstić information content (AvgIpc) is 3.26. The van der Waals surface area contributed by atoms with Gasteiger partial charge in [-0.2, -0.15) is 0 Å². The number of likely N-dealkylation sites (tertiary alicyclic amines) is 1. The molecule has 5 heteroatoms. The van der Waals surface area contributed by atoms with Gasteiger partial charge in [-0.25, -0.2) is 0 Å². The van der Waals surface area contributed by atoms with Gasteiger partial charge in [0.1, 0.15) is 12.5 Å². The lowest BCUT2D eigenvalue weighted by molar-refractivity contribution is -0.201. The highest BCUT2D eigenvalue weighted by Gasteiger charge is 2.48. The molecule has 1 atom stereocenters. The Labute approximate surface area is 178 Å². The maximum atomic E-state index is 6.23. The Morgan fingerprint density at radius 3 is 2.38 bits per heavy atom. The van der Waals surface area contributed by atoms with Crippen LogP contribution in [0.3, 0.4) is 0 Å². The van der Waals surface area contributed by atoms with Crippen LogP contribution in [-0.4, -0.2) is 30.6 Å². The zero-order valence-corrected chi connectivity index (χ0v) is 17.6. The van der Waals surface area contributed by atoms with Crippen LogP contribution in [-0.2, 0) is 15.3 Å². The predicted molar refractivity (Wildman–Crippen MR) is 117 cm³/mol. The van der Waals surface area contributed by atoms with Crippen LogP contribution in [0.1, 0.15) is 31.7 Å². The molecule has 4 rings (SSSR count). The van der Waals surface area contributed by atoms with Crippen LogP contribution < -0.4 is 5.73 Å². The lowest BCUT2D eigenvalue weighted by atomic mass is 9.81. The van der Waals surface area contributed by atoms with Crippen LogP contribution in [0, 0.1) is 5.92 Å². The van der Waals surface area contributed by atoms with Crippen molar-refractivity contribution >= 4 is 11.6 Å². The van der Waals surface area contributed by atoms with E-state index >= 15 is 0 Å². The molecule has 2 aliphatic rings. The second kappa shape index (κ2) is 8.78. The van der Waals surface area contributed by atoms with E-state index in [1.165, 1.54) is 0 Å². The van der Waals surface area contributed by atoms with Gasteiger partial charge in [0, 0.05) is 22.5 Å². The summed E-state index contributed by atoms with van der Waals surface area (Å²) in [7, 11) is 0. The molecule has 4 nitrogen and oxygen atoms in total. The second-order valence-corrected chi connectivity index (χ2v) is 8.40. The molecule has 2 heterocycles. The highest BCUT2D eigenvalue weighted by atomic mass is 35.5. The molecule has 0 saturated carbocycles. The highest BCUT2D eigenvalue weighted by molar-refractivity contribution is 6.30. The molecule has 2 aliphatic heterocycles. The predicted octanol–water partition coefficient (Wildman–Crippen LogP) is 5.13. The lowest BCUT2D eigenvalue weighted by Gasteiger charge is -2.43. The summed E-state index contributed by atoms with van der Waals surface area (Å²) in [6.07, 6.45) is 6.44. The smallest absolute Gasteiger partial charge is 0.280 e. The van der Waals surface area contributed by atoms with Gasteiger partial charge in [-0.05, 0) is 69.1 Å². The molecule has 29 heavy (non-hydrogen) atoms. The number of hydrogen-bond donors (Lipinski definition) is 1. The second-order valence-electron chi connectivity index (χ2n) is 7.96. The molecule has 1 fully saturated rings. The number of benzene rings is 2. The van der Waals surface area contributed by atoms with Crippen molar-refractivity contribution in [1.29, 1.82) is 0 Å². The fraction of sp³-hybridized carbons (Fsp3) is 0.417. The lowest BCUT2D eigenvalue weighted by Crippen LogP contribution is -2.47. The summed E-state index contributed by atoms with van der Waals surface area (Å²) in [5, 5.41) is 0.731. The minimum Gasteiger partial charge on any atom is -0.452 e. The molecule has 1 unspecified atom stereocenters. The van der Waals surface area contributed by atoms with Crippen molar-refractivity contribution in [2.75, 3.05) is 19.6 Å². The van der Waals surface area contributed by atoms with Crippen molar-refractivity contribution in [3.05, 3.63) is 71.6 Å². The van der Waals surface area contributed by atoms with E-state index in [9.17, 15) is 0 Å². The first-order valence-corrected chi connectivity index (χ1v) is 10.8. The van der Waals surface area contributed by atoms with Crippen molar-refractivity contribution in [1.82, 2.24) is 4.90 Å². The van der Waals surface area contributed by atoms with Gasteiger partial charge in [-0.1, -0.05) is 48.0 Å². The number of ether oxygens (including phenoxy) is 2. The summed E-state index contributed by atoms with van der Waals surface area (Å²) < 4.78 is 12.5. The molecule has 0 spiro atoms. The van der Waals surface area contributed by atoms with Gasteiger partial charge in [-0.15, -0.1) is 0 Å². The maximum absolute atomic E-state index is 6.23. The molecule has 2 aromatic carbocycles. The molecule has 1 saturated heterocycles. The van der Waals surface area contributed by atoms with Crippen LogP contribution >= 0.6 is 11.6 Å². The Bertz CT molecular complexity index is 836. The Morgan fingerprint density at radius 1 is 1.07 bits per heavy atom. The van der Waals surface area contributed by atoms with E-state index in [1.54, 1.807) is 12.5 Å². The molecule has 154 valence electrons. The first kappa shape index (κ1) is 20.3. The van der Waals surface area contributed by atoms with Crippen LogP contribution in [0.25, 0.3) is 11.1 Å². The summed E-state index contributed by atoms with van der Waals surface area (Å²) >= 11 is 6.10. The van der Waals surface area contributed by atoms with Crippen LogP contribution in [0.2, 0.25) is 5.02 Å². The van der Waals surface area contributed by atoms with Crippen molar-refractivity contribution in [3.63, 3.8) is 0 Å². The van der Waals surface area contributed by atoms with Gasteiger partial charge in [-0.3, -0.25) is 0 Å². The topological polar surface area (TPSA) is 47.7 Å². The summed E-state index contributed by atoms with van der Waals surface area (Å²) in [6.45, 7) is 5.06. The number of rotatable bonds is 6. The number of hydrogen-bond acceptors (Lipinski definition) is 4. The largest absolute Gasteiger partial charge is 0.452 e. The molecule has 0 aromatic heterocycles. The minimum atomic E-state index is -0.778. The molecular formula is C24H29ClN2O2. The number of nitrogens with two attached hydrogens (primary N) is 1. The Hall–Kier alpha value is -2.01. The van der Waals surface area contributed by atoms with Gasteiger partial charge < -0.3 is 20.1 Å². The SMILES string of the molecule is CC(CCN)N1CCC(C2(c3ccccc3-c3ccc(Cl)cc3)OC=CO2)CC1. The summed E-state index contributed by atoms with van der Waals surface area (Å²) in [4.78, 5) is 2.53. The Morgan fingerprint density at radius 2 is 1.72 bits per heavy atom. The average molecular weight is 413 g/mol. The van der Waals surface area contributed by atoms with E-state index in [0.717, 1.165) is 60.6 Å².